The van der Waals surface area contributed by atoms with Crippen molar-refractivity contribution >= 4 is 23.3 Å². The van der Waals surface area contributed by atoms with E-state index in [1.54, 1.807) is 30.3 Å². The van der Waals surface area contributed by atoms with Crippen LogP contribution in [0.4, 0.5) is 5.69 Å². The standard InChI is InChI=1S/C24H24N2O5/c27-22-6-3-16-13-18(1-4-19(16)25-22)24(29)26-9-7-15(8-10-26)23(28)17-2-5-20-21(14-17)31-12-11-30-20/h1-2,4-5,13-15H,3,6-12H2,(H,25,27). The number of ketones is 1. The van der Waals surface area contributed by atoms with Crippen LogP contribution in [-0.4, -0.2) is 48.8 Å². The maximum absolute atomic E-state index is 13.0. The van der Waals surface area contributed by atoms with Gasteiger partial charge in [0.05, 0.1) is 0 Å². The summed E-state index contributed by atoms with van der Waals surface area (Å²) in [5.41, 5.74) is 3.04. The van der Waals surface area contributed by atoms with Crippen LogP contribution >= 0.6 is 0 Å². The molecule has 1 fully saturated rings. The Labute approximate surface area is 180 Å². The van der Waals surface area contributed by atoms with Crippen LogP contribution in [0.3, 0.4) is 0 Å². The molecule has 0 bridgehead atoms. The van der Waals surface area contributed by atoms with Crippen molar-refractivity contribution in [2.75, 3.05) is 31.6 Å². The van der Waals surface area contributed by atoms with Gasteiger partial charge in [0.25, 0.3) is 5.91 Å². The van der Waals surface area contributed by atoms with Crippen molar-refractivity contribution in [3.63, 3.8) is 0 Å². The molecule has 31 heavy (non-hydrogen) atoms. The first-order valence-electron chi connectivity index (χ1n) is 10.7. The van der Waals surface area contributed by atoms with Crippen LogP contribution in [0.25, 0.3) is 0 Å². The zero-order valence-corrected chi connectivity index (χ0v) is 17.2. The summed E-state index contributed by atoms with van der Waals surface area (Å²) < 4.78 is 11.1. The van der Waals surface area contributed by atoms with Crippen LogP contribution in [0.1, 0.15) is 45.5 Å². The maximum atomic E-state index is 13.0. The number of piperidine rings is 1. The molecular formula is C24H24N2O5. The van der Waals surface area contributed by atoms with Gasteiger partial charge in [-0.1, -0.05) is 0 Å². The number of Topliss-reactive ketones (excluding diaryl/α,β-unsaturated/α-hetero) is 1. The lowest BCUT2D eigenvalue weighted by Crippen LogP contribution is -2.40. The third-order valence-corrected chi connectivity index (χ3v) is 6.23. The largest absolute Gasteiger partial charge is 0.486 e. The van der Waals surface area contributed by atoms with Crippen molar-refractivity contribution in [2.45, 2.75) is 25.7 Å². The van der Waals surface area contributed by atoms with Gasteiger partial charge in [0.1, 0.15) is 13.2 Å². The zero-order chi connectivity index (χ0) is 21.4. The number of fused-ring (bicyclic) bond motifs is 2. The Morgan fingerprint density at radius 3 is 2.45 bits per heavy atom. The van der Waals surface area contributed by atoms with E-state index in [0.717, 1.165) is 11.3 Å². The SMILES string of the molecule is O=C1CCc2cc(C(=O)N3CCC(C(=O)c4ccc5c(c4)OCCO5)CC3)ccc2N1. The van der Waals surface area contributed by atoms with Gasteiger partial charge in [0.2, 0.25) is 5.91 Å². The fourth-order valence-corrected chi connectivity index (χ4v) is 4.48. The van der Waals surface area contributed by atoms with E-state index in [4.69, 9.17) is 9.47 Å². The summed E-state index contributed by atoms with van der Waals surface area (Å²) >= 11 is 0. The van der Waals surface area contributed by atoms with Crippen molar-refractivity contribution in [1.29, 1.82) is 0 Å². The second-order valence-corrected chi connectivity index (χ2v) is 8.21. The van der Waals surface area contributed by atoms with Crippen molar-refractivity contribution < 1.29 is 23.9 Å². The van der Waals surface area contributed by atoms with Gasteiger partial charge in [0, 0.05) is 42.2 Å². The number of rotatable bonds is 3. The molecule has 0 aromatic heterocycles. The molecule has 3 heterocycles. The number of hydrogen-bond acceptors (Lipinski definition) is 5. The number of benzene rings is 2. The number of nitrogens with zero attached hydrogens (tertiary/aromatic N) is 1. The Kier molecular flexibility index (Phi) is 5.10. The molecule has 7 nitrogen and oxygen atoms in total. The van der Waals surface area contributed by atoms with Gasteiger partial charge < -0.3 is 19.7 Å². The Bertz CT molecular complexity index is 1060. The summed E-state index contributed by atoms with van der Waals surface area (Å²) in [6.07, 6.45) is 2.37. The molecule has 0 spiro atoms. The lowest BCUT2D eigenvalue weighted by molar-refractivity contribution is -0.116. The molecule has 3 aliphatic heterocycles. The number of aryl methyl sites for hydroxylation is 1. The number of carbonyl (C=O) groups is 3. The number of ether oxygens (including phenoxy) is 2. The third-order valence-electron chi connectivity index (χ3n) is 6.23. The monoisotopic (exact) mass is 420 g/mol. The van der Waals surface area contributed by atoms with Crippen LogP contribution in [0, 0.1) is 5.92 Å². The van der Waals surface area contributed by atoms with Crippen molar-refractivity contribution in [1.82, 2.24) is 4.90 Å². The Morgan fingerprint density at radius 2 is 1.65 bits per heavy atom. The number of anilines is 1. The number of nitrogens with one attached hydrogen (secondary N) is 1. The van der Waals surface area contributed by atoms with E-state index in [-0.39, 0.29) is 23.5 Å². The highest BCUT2D eigenvalue weighted by atomic mass is 16.6. The van der Waals surface area contributed by atoms with Crippen LogP contribution in [-0.2, 0) is 11.2 Å². The van der Waals surface area contributed by atoms with E-state index in [1.807, 2.05) is 11.0 Å². The van der Waals surface area contributed by atoms with E-state index < -0.39 is 0 Å². The van der Waals surface area contributed by atoms with Gasteiger partial charge in [-0.15, -0.1) is 0 Å². The highest BCUT2D eigenvalue weighted by Crippen LogP contribution is 2.33. The first-order valence-corrected chi connectivity index (χ1v) is 10.7. The number of amides is 2. The lowest BCUT2D eigenvalue weighted by atomic mass is 9.88. The molecule has 1 saturated heterocycles. The van der Waals surface area contributed by atoms with Gasteiger partial charge in [-0.05, 0) is 61.2 Å². The lowest BCUT2D eigenvalue weighted by Gasteiger charge is -2.32. The molecule has 0 radical (unpaired) electrons. The van der Waals surface area contributed by atoms with Crippen LogP contribution in [0.5, 0.6) is 11.5 Å². The molecule has 0 saturated carbocycles. The van der Waals surface area contributed by atoms with E-state index >= 15 is 0 Å². The molecule has 2 amide bonds. The highest BCUT2D eigenvalue weighted by Gasteiger charge is 2.29. The van der Waals surface area contributed by atoms with Crippen LogP contribution < -0.4 is 14.8 Å². The summed E-state index contributed by atoms with van der Waals surface area (Å²) in [5.74, 6) is 1.27. The molecule has 3 aliphatic rings. The molecule has 0 unspecified atom stereocenters. The van der Waals surface area contributed by atoms with Gasteiger partial charge in [-0.3, -0.25) is 14.4 Å². The number of hydrogen-bond donors (Lipinski definition) is 1. The molecule has 2 aromatic carbocycles. The third kappa shape index (κ3) is 3.87. The first kappa shape index (κ1) is 19.6. The topological polar surface area (TPSA) is 84.9 Å². The molecule has 7 heteroatoms. The molecule has 160 valence electrons. The smallest absolute Gasteiger partial charge is 0.253 e. The molecule has 1 N–H and O–H groups in total. The minimum absolute atomic E-state index is 0.0105. The Morgan fingerprint density at radius 1 is 0.903 bits per heavy atom. The van der Waals surface area contributed by atoms with E-state index in [0.29, 0.717) is 74.6 Å². The fourth-order valence-electron chi connectivity index (χ4n) is 4.48. The highest BCUT2D eigenvalue weighted by molar-refractivity contribution is 6.00. The average Bonchev–Trinajstić information content (AvgIpc) is 2.82. The predicted octanol–water partition coefficient (Wildman–Crippen LogP) is 3.08. The quantitative estimate of drug-likeness (QED) is 0.772. The summed E-state index contributed by atoms with van der Waals surface area (Å²) in [4.78, 5) is 39.3. The van der Waals surface area contributed by atoms with Gasteiger partial charge in [-0.25, -0.2) is 0 Å². The van der Waals surface area contributed by atoms with E-state index in [1.165, 1.54) is 0 Å². The van der Waals surface area contributed by atoms with E-state index in [2.05, 4.69) is 5.32 Å². The molecule has 0 atom stereocenters. The predicted molar refractivity (Wildman–Crippen MR) is 114 cm³/mol. The number of likely N-dealkylation sites (tertiary alicyclic amines) is 1. The minimum Gasteiger partial charge on any atom is -0.486 e. The molecular weight excluding hydrogens is 396 g/mol. The Balaban J connectivity index is 1.23. The summed E-state index contributed by atoms with van der Waals surface area (Å²) in [6.45, 7) is 2.10. The summed E-state index contributed by atoms with van der Waals surface area (Å²) in [5, 5.41) is 2.84. The van der Waals surface area contributed by atoms with Gasteiger partial charge in [-0.2, -0.15) is 0 Å². The molecule has 2 aromatic rings. The molecule has 0 aliphatic carbocycles. The maximum Gasteiger partial charge on any atom is 0.253 e. The fraction of sp³-hybridized carbons (Fsp3) is 0.375. The summed E-state index contributed by atoms with van der Waals surface area (Å²) in [6, 6.07) is 10.8. The van der Waals surface area contributed by atoms with Gasteiger partial charge >= 0.3 is 0 Å². The van der Waals surface area contributed by atoms with Crippen LogP contribution in [0.15, 0.2) is 36.4 Å². The zero-order valence-electron chi connectivity index (χ0n) is 17.2. The van der Waals surface area contributed by atoms with Crippen molar-refractivity contribution in [3.05, 3.63) is 53.1 Å². The number of carbonyl (C=O) groups excluding carboxylic acids is 3. The Hall–Kier alpha value is -3.35. The van der Waals surface area contributed by atoms with Crippen molar-refractivity contribution in [3.8, 4) is 11.5 Å². The molecule has 5 rings (SSSR count). The van der Waals surface area contributed by atoms with Crippen LogP contribution in [0.2, 0.25) is 0 Å². The van der Waals surface area contributed by atoms with Gasteiger partial charge in [0.15, 0.2) is 17.3 Å². The second-order valence-electron chi connectivity index (χ2n) is 8.21. The first-order chi connectivity index (χ1) is 15.1. The summed E-state index contributed by atoms with van der Waals surface area (Å²) in [7, 11) is 0. The van der Waals surface area contributed by atoms with Crippen molar-refractivity contribution in [2.24, 2.45) is 5.92 Å². The normalized spacial score (nSPS) is 18.2. The minimum atomic E-state index is -0.106. The van der Waals surface area contributed by atoms with E-state index in [9.17, 15) is 14.4 Å². The second kappa shape index (κ2) is 8.06. The average molecular weight is 420 g/mol.